The maximum absolute atomic E-state index is 5.78. The van der Waals surface area contributed by atoms with Crippen LogP contribution in [-0.4, -0.2) is 12.3 Å². The lowest BCUT2D eigenvalue weighted by Gasteiger charge is -2.06. The molecule has 1 N–H and O–H groups in total. The van der Waals surface area contributed by atoms with Gasteiger partial charge < -0.3 is 10.1 Å². The molecule has 1 aromatic carbocycles. The van der Waals surface area contributed by atoms with Crippen molar-refractivity contribution in [2.24, 2.45) is 0 Å². The van der Waals surface area contributed by atoms with Crippen LogP contribution in [0.3, 0.4) is 0 Å². The highest BCUT2D eigenvalue weighted by Gasteiger charge is 2.00. The van der Waals surface area contributed by atoms with E-state index in [0.29, 0.717) is 15.2 Å². The van der Waals surface area contributed by atoms with Gasteiger partial charge in [0.1, 0.15) is 0 Å². The fourth-order valence-corrected chi connectivity index (χ4v) is 1.16. The number of thiocarbonyl (C=S) groups is 1. The van der Waals surface area contributed by atoms with Gasteiger partial charge in [0.2, 0.25) is 0 Å². The molecule has 5 heteroatoms. The van der Waals surface area contributed by atoms with E-state index in [9.17, 15) is 0 Å². The normalized spacial score (nSPS) is 9.46. The Morgan fingerprint density at radius 1 is 1.38 bits per heavy atom. The maximum atomic E-state index is 5.78. The average Bonchev–Trinajstić information content (AvgIpc) is 2.11. The summed E-state index contributed by atoms with van der Waals surface area (Å²) < 4.78 is 4.77. The summed E-state index contributed by atoms with van der Waals surface area (Å²) in [6.45, 7) is 0. The van der Waals surface area contributed by atoms with Crippen LogP contribution in [-0.2, 0) is 4.74 Å². The van der Waals surface area contributed by atoms with Crippen LogP contribution in [0.5, 0.6) is 0 Å². The molecule has 0 bridgehead atoms. The molecular weight excluding hydrogens is 229 g/mol. The van der Waals surface area contributed by atoms with Crippen molar-refractivity contribution in [2.75, 3.05) is 12.4 Å². The topological polar surface area (TPSA) is 21.3 Å². The van der Waals surface area contributed by atoms with Crippen molar-refractivity contribution in [3.05, 3.63) is 28.2 Å². The number of hydrogen-bond donors (Lipinski definition) is 1. The predicted octanol–water partition coefficient (Wildman–Crippen LogP) is 3.34. The summed E-state index contributed by atoms with van der Waals surface area (Å²) >= 11 is 16.3. The fraction of sp³-hybridized carbons (Fsp3) is 0.125. The number of nitrogens with one attached hydrogen (secondary N) is 1. The van der Waals surface area contributed by atoms with Crippen molar-refractivity contribution in [2.45, 2.75) is 0 Å². The zero-order chi connectivity index (χ0) is 9.84. The minimum atomic E-state index is 0.290. The highest BCUT2D eigenvalue weighted by atomic mass is 35.5. The second kappa shape index (κ2) is 4.65. The second-order valence-electron chi connectivity index (χ2n) is 2.25. The van der Waals surface area contributed by atoms with E-state index >= 15 is 0 Å². The lowest BCUT2D eigenvalue weighted by molar-refractivity contribution is 0.413. The third kappa shape index (κ3) is 3.03. The third-order valence-corrected chi connectivity index (χ3v) is 2.36. The van der Waals surface area contributed by atoms with Gasteiger partial charge in [-0.2, -0.15) is 0 Å². The summed E-state index contributed by atoms with van der Waals surface area (Å²) in [7, 11) is 1.49. The first-order valence-corrected chi connectivity index (χ1v) is 4.60. The Morgan fingerprint density at radius 2 is 2.08 bits per heavy atom. The lowest BCUT2D eigenvalue weighted by Crippen LogP contribution is -2.10. The van der Waals surface area contributed by atoms with Crippen LogP contribution in [0.2, 0.25) is 10.0 Å². The first-order chi connectivity index (χ1) is 6.13. The van der Waals surface area contributed by atoms with Crippen LogP contribution in [0.15, 0.2) is 18.2 Å². The molecular formula is C8H7Cl2NOS. The summed E-state index contributed by atoms with van der Waals surface area (Å²) in [5.41, 5.74) is 0.751. The Morgan fingerprint density at radius 3 is 2.62 bits per heavy atom. The van der Waals surface area contributed by atoms with Gasteiger partial charge in [-0.3, -0.25) is 0 Å². The van der Waals surface area contributed by atoms with Crippen molar-refractivity contribution >= 4 is 46.3 Å². The van der Waals surface area contributed by atoms with Crippen molar-refractivity contribution in [1.82, 2.24) is 0 Å². The number of benzene rings is 1. The Bertz CT molecular complexity index is 330. The Balaban J connectivity index is 2.79. The van der Waals surface area contributed by atoms with Crippen LogP contribution in [0, 0.1) is 0 Å². The van der Waals surface area contributed by atoms with E-state index in [1.807, 2.05) is 0 Å². The zero-order valence-corrected chi connectivity index (χ0v) is 9.13. The molecule has 0 unspecified atom stereocenters. The highest BCUT2D eigenvalue weighted by molar-refractivity contribution is 7.80. The van der Waals surface area contributed by atoms with Crippen LogP contribution in [0.1, 0.15) is 0 Å². The number of halogens is 2. The molecule has 0 amide bonds. The smallest absolute Gasteiger partial charge is 0.260 e. The van der Waals surface area contributed by atoms with Gasteiger partial charge in [-0.05, 0) is 30.4 Å². The standard InChI is InChI=1S/C8H7Cl2NOS/c1-12-8(13)11-5-2-3-6(9)7(10)4-5/h2-4H,1H3,(H,11,13). The molecule has 0 fully saturated rings. The molecule has 13 heavy (non-hydrogen) atoms. The van der Waals surface area contributed by atoms with E-state index < -0.39 is 0 Å². The first-order valence-electron chi connectivity index (χ1n) is 3.43. The van der Waals surface area contributed by atoms with Crippen LogP contribution in [0.4, 0.5) is 5.69 Å². The van der Waals surface area contributed by atoms with Gasteiger partial charge in [-0.25, -0.2) is 0 Å². The molecule has 0 aliphatic rings. The number of methoxy groups -OCH3 is 1. The second-order valence-corrected chi connectivity index (χ2v) is 3.43. The van der Waals surface area contributed by atoms with Crippen molar-refractivity contribution in [1.29, 1.82) is 0 Å². The van der Waals surface area contributed by atoms with Crippen LogP contribution in [0.25, 0.3) is 0 Å². The Hall–Kier alpha value is -0.510. The number of rotatable bonds is 1. The van der Waals surface area contributed by atoms with Gasteiger partial charge in [0.05, 0.1) is 17.2 Å². The van der Waals surface area contributed by atoms with Gasteiger partial charge in [0, 0.05) is 5.69 Å². The number of anilines is 1. The van der Waals surface area contributed by atoms with Crippen molar-refractivity contribution < 1.29 is 4.74 Å². The summed E-state index contributed by atoms with van der Waals surface area (Å²) in [5.74, 6) is 0. The van der Waals surface area contributed by atoms with Crippen molar-refractivity contribution in [3.63, 3.8) is 0 Å². The van der Waals surface area contributed by atoms with Crippen molar-refractivity contribution in [3.8, 4) is 0 Å². The molecule has 2 nitrogen and oxygen atoms in total. The highest BCUT2D eigenvalue weighted by Crippen LogP contribution is 2.24. The Labute approximate surface area is 91.8 Å². The maximum Gasteiger partial charge on any atom is 0.260 e. The van der Waals surface area contributed by atoms with E-state index in [0.717, 1.165) is 5.69 Å². The van der Waals surface area contributed by atoms with Gasteiger partial charge in [-0.1, -0.05) is 23.2 Å². The van der Waals surface area contributed by atoms with E-state index in [1.54, 1.807) is 18.2 Å². The number of ether oxygens (including phenoxy) is 1. The molecule has 0 aromatic heterocycles. The lowest BCUT2D eigenvalue weighted by atomic mass is 10.3. The zero-order valence-electron chi connectivity index (χ0n) is 6.80. The molecule has 0 radical (unpaired) electrons. The van der Waals surface area contributed by atoms with Crippen LogP contribution < -0.4 is 5.32 Å². The average molecular weight is 236 g/mol. The van der Waals surface area contributed by atoms with E-state index in [-0.39, 0.29) is 0 Å². The quantitative estimate of drug-likeness (QED) is 0.755. The van der Waals surface area contributed by atoms with Gasteiger partial charge in [0.15, 0.2) is 0 Å². The van der Waals surface area contributed by atoms with Gasteiger partial charge in [0.25, 0.3) is 5.17 Å². The number of hydrogen-bond acceptors (Lipinski definition) is 2. The molecule has 1 aromatic rings. The van der Waals surface area contributed by atoms with Gasteiger partial charge >= 0.3 is 0 Å². The molecule has 0 spiro atoms. The van der Waals surface area contributed by atoms with Gasteiger partial charge in [-0.15, -0.1) is 0 Å². The Kier molecular flexibility index (Phi) is 3.78. The monoisotopic (exact) mass is 235 g/mol. The van der Waals surface area contributed by atoms with Crippen LogP contribution >= 0.6 is 35.4 Å². The predicted molar refractivity (Wildman–Crippen MR) is 59.7 cm³/mol. The summed E-state index contributed by atoms with van der Waals surface area (Å²) in [5, 5.41) is 4.10. The molecule has 0 heterocycles. The van der Waals surface area contributed by atoms with E-state index in [2.05, 4.69) is 5.32 Å². The summed E-state index contributed by atoms with van der Waals surface area (Å²) in [6, 6.07) is 5.12. The fourth-order valence-electron chi connectivity index (χ4n) is 0.743. The summed E-state index contributed by atoms with van der Waals surface area (Å²) in [6.07, 6.45) is 0. The van der Waals surface area contributed by atoms with E-state index in [4.69, 9.17) is 40.2 Å². The molecule has 0 aliphatic heterocycles. The third-order valence-electron chi connectivity index (χ3n) is 1.35. The minimum Gasteiger partial charge on any atom is -0.474 e. The molecule has 0 saturated heterocycles. The molecule has 0 atom stereocenters. The molecule has 0 saturated carbocycles. The summed E-state index contributed by atoms with van der Waals surface area (Å²) in [4.78, 5) is 0. The first kappa shape index (κ1) is 10.6. The van der Waals surface area contributed by atoms with E-state index in [1.165, 1.54) is 7.11 Å². The molecule has 0 aliphatic carbocycles. The largest absolute Gasteiger partial charge is 0.474 e. The minimum absolute atomic E-state index is 0.290. The SMILES string of the molecule is COC(=S)Nc1ccc(Cl)c(Cl)c1. The molecule has 1 rings (SSSR count). The molecule has 70 valence electrons.